The molecule has 21 heavy (non-hydrogen) atoms. The fourth-order valence-corrected chi connectivity index (χ4v) is 1.81. The Kier molecular flexibility index (Phi) is 4.57. The van der Waals surface area contributed by atoms with E-state index in [2.05, 4.69) is 0 Å². The first-order valence-corrected chi connectivity index (χ1v) is 6.11. The molecule has 0 heterocycles. The van der Waals surface area contributed by atoms with E-state index in [1.807, 2.05) is 30.3 Å². The van der Waals surface area contributed by atoms with Gasteiger partial charge in [0.2, 0.25) is 0 Å². The number of ether oxygens (including phenoxy) is 1. The number of benzene rings is 2. The average Bonchev–Trinajstić information content (AvgIpc) is 2.48. The standard InChI is InChI=1S/C14H12N2O5/c17-15(18)13-7-6-12(14(8-13)16(19)20)10-21-9-11-4-2-1-3-5-11/h1-8H,9-10H2. The molecule has 0 aliphatic carbocycles. The van der Waals surface area contributed by atoms with Crippen molar-refractivity contribution < 1.29 is 14.6 Å². The molecule has 0 radical (unpaired) electrons. The predicted molar refractivity (Wildman–Crippen MR) is 74.7 cm³/mol. The summed E-state index contributed by atoms with van der Waals surface area (Å²) in [7, 11) is 0. The van der Waals surface area contributed by atoms with Gasteiger partial charge < -0.3 is 4.74 Å². The maximum Gasteiger partial charge on any atom is 0.281 e. The van der Waals surface area contributed by atoms with Crippen molar-refractivity contribution in [2.24, 2.45) is 0 Å². The second-order valence-electron chi connectivity index (χ2n) is 4.31. The van der Waals surface area contributed by atoms with Gasteiger partial charge in [-0.2, -0.15) is 0 Å². The molecule has 0 saturated carbocycles. The van der Waals surface area contributed by atoms with E-state index in [1.165, 1.54) is 12.1 Å². The number of non-ortho nitro benzene ring substituents is 1. The lowest BCUT2D eigenvalue weighted by molar-refractivity contribution is -0.394. The highest BCUT2D eigenvalue weighted by Gasteiger charge is 2.19. The monoisotopic (exact) mass is 288 g/mol. The lowest BCUT2D eigenvalue weighted by atomic mass is 10.1. The van der Waals surface area contributed by atoms with Gasteiger partial charge in [-0.1, -0.05) is 30.3 Å². The average molecular weight is 288 g/mol. The smallest absolute Gasteiger partial charge is 0.281 e. The van der Waals surface area contributed by atoms with Crippen LogP contribution in [0.3, 0.4) is 0 Å². The Labute approximate surface area is 120 Å². The van der Waals surface area contributed by atoms with Crippen LogP contribution >= 0.6 is 0 Å². The molecule has 0 bridgehead atoms. The SMILES string of the molecule is O=[N+]([O-])c1ccc(COCc2ccccc2)c([N+](=O)[O-])c1. The maximum atomic E-state index is 11.0. The molecule has 7 nitrogen and oxygen atoms in total. The topological polar surface area (TPSA) is 95.5 Å². The van der Waals surface area contributed by atoms with E-state index < -0.39 is 9.85 Å². The van der Waals surface area contributed by atoms with Crippen LogP contribution in [0.5, 0.6) is 0 Å². The molecule has 0 fully saturated rings. The van der Waals surface area contributed by atoms with Crippen molar-refractivity contribution in [3.63, 3.8) is 0 Å². The highest BCUT2D eigenvalue weighted by molar-refractivity contribution is 5.48. The second kappa shape index (κ2) is 6.58. The first-order chi connectivity index (χ1) is 10.1. The molecule has 0 unspecified atom stereocenters. The minimum Gasteiger partial charge on any atom is -0.372 e. The Morgan fingerprint density at radius 3 is 2.24 bits per heavy atom. The molecule has 0 amide bonds. The lowest BCUT2D eigenvalue weighted by Gasteiger charge is -2.05. The number of nitro groups is 2. The fraction of sp³-hybridized carbons (Fsp3) is 0.143. The molecular formula is C14H12N2O5. The molecule has 7 heteroatoms. The van der Waals surface area contributed by atoms with Crippen molar-refractivity contribution in [2.45, 2.75) is 13.2 Å². The van der Waals surface area contributed by atoms with Crippen molar-refractivity contribution in [3.05, 3.63) is 79.9 Å². The summed E-state index contributed by atoms with van der Waals surface area (Å²) in [5.74, 6) is 0. The highest BCUT2D eigenvalue weighted by atomic mass is 16.6. The minimum atomic E-state index is -0.665. The van der Waals surface area contributed by atoms with Gasteiger partial charge in [0.15, 0.2) is 0 Å². The number of rotatable bonds is 6. The zero-order chi connectivity index (χ0) is 15.2. The Balaban J connectivity index is 2.09. The van der Waals surface area contributed by atoms with Crippen molar-refractivity contribution in [1.82, 2.24) is 0 Å². The van der Waals surface area contributed by atoms with Crippen LogP contribution in [0.2, 0.25) is 0 Å². The van der Waals surface area contributed by atoms with E-state index >= 15 is 0 Å². The number of nitrogens with zero attached hydrogens (tertiary/aromatic N) is 2. The summed E-state index contributed by atoms with van der Waals surface area (Å²) in [5.41, 5.74) is 0.634. The van der Waals surface area contributed by atoms with E-state index in [9.17, 15) is 20.2 Å². The summed E-state index contributed by atoms with van der Waals surface area (Å²) in [5, 5.41) is 21.6. The van der Waals surface area contributed by atoms with Crippen LogP contribution in [0.15, 0.2) is 48.5 Å². The summed E-state index contributed by atoms with van der Waals surface area (Å²) >= 11 is 0. The van der Waals surface area contributed by atoms with Crippen molar-refractivity contribution in [1.29, 1.82) is 0 Å². The maximum absolute atomic E-state index is 11.0. The van der Waals surface area contributed by atoms with Gasteiger partial charge in [-0.3, -0.25) is 20.2 Å². The van der Waals surface area contributed by atoms with Gasteiger partial charge in [-0.25, -0.2) is 0 Å². The predicted octanol–water partition coefficient (Wildman–Crippen LogP) is 3.22. The van der Waals surface area contributed by atoms with Gasteiger partial charge in [0.25, 0.3) is 11.4 Å². The highest BCUT2D eigenvalue weighted by Crippen LogP contribution is 2.25. The van der Waals surface area contributed by atoms with Gasteiger partial charge in [-0.15, -0.1) is 0 Å². The van der Waals surface area contributed by atoms with Gasteiger partial charge in [0, 0.05) is 6.07 Å². The first kappa shape index (κ1) is 14.6. The van der Waals surface area contributed by atoms with Gasteiger partial charge in [-0.05, 0) is 11.6 Å². The molecule has 108 valence electrons. The van der Waals surface area contributed by atoms with Gasteiger partial charge in [0.05, 0.1) is 34.7 Å². The van der Waals surface area contributed by atoms with Crippen LogP contribution in [-0.2, 0) is 18.0 Å². The molecule has 0 aliphatic heterocycles. The summed E-state index contributed by atoms with van der Waals surface area (Å²) in [6.07, 6.45) is 0. The molecule has 0 aromatic heterocycles. The third kappa shape index (κ3) is 3.83. The molecule has 2 aromatic rings. The van der Waals surface area contributed by atoms with Crippen LogP contribution < -0.4 is 0 Å². The summed E-state index contributed by atoms with van der Waals surface area (Å²) < 4.78 is 5.42. The Morgan fingerprint density at radius 1 is 0.905 bits per heavy atom. The minimum absolute atomic E-state index is 0.0171. The van der Waals surface area contributed by atoms with E-state index in [0.717, 1.165) is 11.6 Å². The van der Waals surface area contributed by atoms with E-state index in [-0.39, 0.29) is 18.0 Å². The molecule has 2 aromatic carbocycles. The van der Waals surface area contributed by atoms with E-state index in [0.29, 0.717) is 12.2 Å². The summed E-state index contributed by atoms with van der Waals surface area (Å²) in [6.45, 7) is 0.332. The van der Waals surface area contributed by atoms with E-state index in [4.69, 9.17) is 4.74 Å². The zero-order valence-electron chi connectivity index (χ0n) is 11.0. The molecule has 2 rings (SSSR count). The molecule has 0 saturated heterocycles. The Bertz CT molecular complexity index is 658. The number of hydrogen-bond acceptors (Lipinski definition) is 5. The fourth-order valence-electron chi connectivity index (χ4n) is 1.81. The molecular weight excluding hydrogens is 276 g/mol. The summed E-state index contributed by atoms with van der Waals surface area (Å²) in [4.78, 5) is 20.3. The number of nitro benzene ring substituents is 2. The Hall–Kier alpha value is -2.80. The van der Waals surface area contributed by atoms with Gasteiger partial charge in [0.1, 0.15) is 0 Å². The van der Waals surface area contributed by atoms with Crippen molar-refractivity contribution in [3.8, 4) is 0 Å². The van der Waals surface area contributed by atoms with Crippen LogP contribution in [0, 0.1) is 20.2 Å². The lowest BCUT2D eigenvalue weighted by Crippen LogP contribution is -2.00. The number of hydrogen-bond donors (Lipinski definition) is 0. The van der Waals surface area contributed by atoms with Crippen molar-refractivity contribution in [2.75, 3.05) is 0 Å². The largest absolute Gasteiger partial charge is 0.372 e. The van der Waals surface area contributed by atoms with Crippen molar-refractivity contribution >= 4 is 11.4 Å². The third-order valence-electron chi connectivity index (χ3n) is 2.85. The van der Waals surface area contributed by atoms with E-state index in [1.54, 1.807) is 0 Å². The first-order valence-electron chi connectivity index (χ1n) is 6.11. The van der Waals surface area contributed by atoms with Crippen LogP contribution in [0.4, 0.5) is 11.4 Å². The van der Waals surface area contributed by atoms with Gasteiger partial charge >= 0.3 is 0 Å². The van der Waals surface area contributed by atoms with Crippen LogP contribution in [0.1, 0.15) is 11.1 Å². The molecule has 0 aliphatic rings. The Morgan fingerprint density at radius 2 is 1.62 bits per heavy atom. The zero-order valence-corrected chi connectivity index (χ0v) is 11.0. The van der Waals surface area contributed by atoms with Crippen LogP contribution in [-0.4, -0.2) is 9.85 Å². The molecule has 0 spiro atoms. The molecule has 0 N–H and O–H groups in total. The third-order valence-corrected chi connectivity index (χ3v) is 2.85. The summed E-state index contributed by atoms with van der Waals surface area (Å²) in [6, 6.07) is 12.9. The van der Waals surface area contributed by atoms with Crippen LogP contribution in [0.25, 0.3) is 0 Å². The normalized spacial score (nSPS) is 10.3. The molecule has 0 atom stereocenters. The quantitative estimate of drug-likeness (QED) is 0.600. The second-order valence-corrected chi connectivity index (χ2v) is 4.31.